The number of rotatable bonds is 4. The third-order valence-corrected chi connectivity index (χ3v) is 8.85. The van der Waals surface area contributed by atoms with Gasteiger partial charge in [-0.3, -0.25) is 0 Å². The standard InChI is InChI=1S/C16H14ClNOS.C16H16N2OS.2ClH.Cu/c2*1-9-4-5-14(19-3)11(6-9)16-12-7-10(2)13(17)8-15(12)20-18-16;;;/h4-8H,1-3H3;4-8H,17H2,1-3H3;2*1H;/q;;;;+2/p-2. The van der Waals surface area contributed by atoms with Crippen LogP contribution in [0.15, 0.2) is 60.7 Å². The van der Waals surface area contributed by atoms with Gasteiger partial charge in [0.05, 0.1) is 35.0 Å². The molecular weight excluding hydrogens is 692 g/mol. The van der Waals surface area contributed by atoms with E-state index in [2.05, 4.69) is 67.1 Å². The molecule has 0 amide bonds. The summed E-state index contributed by atoms with van der Waals surface area (Å²) in [6, 6.07) is 20.4. The molecule has 0 atom stereocenters. The first kappa shape index (κ1) is 33.3. The van der Waals surface area contributed by atoms with E-state index in [0.717, 1.165) is 89.2 Å². The average molecular weight is 723 g/mol. The molecule has 0 radical (unpaired) electrons. The Morgan fingerprint density at radius 3 is 1.58 bits per heavy atom. The number of benzene rings is 4. The van der Waals surface area contributed by atoms with Crippen LogP contribution in [0.5, 0.6) is 11.5 Å². The van der Waals surface area contributed by atoms with Crippen molar-refractivity contribution in [3.05, 3.63) is 87.9 Å². The van der Waals surface area contributed by atoms with Gasteiger partial charge in [-0.1, -0.05) is 34.9 Å². The van der Waals surface area contributed by atoms with Crippen LogP contribution in [0.3, 0.4) is 0 Å². The normalized spacial score (nSPS) is 10.7. The summed E-state index contributed by atoms with van der Waals surface area (Å²) in [6.45, 7) is 8.17. The zero-order valence-electron chi connectivity index (χ0n) is 24.3. The number of nitrogens with zero attached hydrogens (tertiary/aromatic N) is 2. The van der Waals surface area contributed by atoms with Crippen LogP contribution >= 0.6 is 54.9 Å². The summed E-state index contributed by atoms with van der Waals surface area (Å²) in [5.41, 5.74) is 15.3. The SMILES string of the molecule is COc1ccc(C)cc1-c1nsc2cc(Cl)c(C)cc12.COc1ccc(C)cc1-c1nsc2cc(N)c(C)cc12.[Cl][Cu][Cl]. The fourth-order valence-corrected chi connectivity index (χ4v) is 6.44. The van der Waals surface area contributed by atoms with Crippen molar-refractivity contribution in [2.24, 2.45) is 0 Å². The number of hydrogen-bond donors (Lipinski definition) is 1. The van der Waals surface area contributed by atoms with Gasteiger partial charge in [-0.2, -0.15) is 8.75 Å². The third-order valence-electron chi connectivity index (χ3n) is 6.83. The van der Waals surface area contributed by atoms with E-state index in [1.165, 1.54) is 34.2 Å². The van der Waals surface area contributed by atoms with Gasteiger partial charge in [0.25, 0.3) is 0 Å². The molecule has 0 spiro atoms. The molecule has 4 aromatic carbocycles. The molecule has 0 aliphatic rings. The molecule has 2 heterocycles. The second-order valence-corrected chi connectivity index (χ2v) is 13.4. The summed E-state index contributed by atoms with van der Waals surface area (Å²) in [5, 5.41) is 3.04. The van der Waals surface area contributed by atoms with Crippen molar-refractivity contribution in [1.82, 2.24) is 8.75 Å². The Balaban J connectivity index is 0.000000181. The van der Waals surface area contributed by atoms with Crippen molar-refractivity contribution >= 4 is 80.7 Å². The molecule has 2 aromatic heterocycles. The molecule has 43 heavy (non-hydrogen) atoms. The number of anilines is 1. The van der Waals surface area contributed by atoms with Crippen molar-refractivity contribution in [3.8, 4) is 34.0 Å². The van der Waals surface area contributed by atoms with E-state index in [-0.39, 0.29) is 0 Å². The maximum atomic E-state index is 6.18. The van der Waals surface area contributed by atoms with E-state index in [1.54, 1.807) is 14.2 Å². The number of fused-ring (bicyclic) bond motifs is 2. The minimum atomic E-state index is 0.757. The summed E-state index contributed by atoms with van der Waals surface area (Å²) < 4.78 is 22.3. The van der Waals surface area contributed by atoms with E-state index in [1.807, 2.05) is 50.2 Å². The fourth-order valence-electron chi connectivity index (χ4n) is 4.58. The molecule has 0 unspecified atom stereocenters. The first-order valence-corrected chi connectivity index (χ1v) is 17.5. The molecule has 0 bridgehead atoms. The van der Waals surface area contributed by atoms with Crippen LogP contribution in [0, 0.1) is 27.7 Å². The van der Waals surface area contributed by atoms with Gasteiger partial charge in [-0.05, 0) is 110 Å². The van der Waals surface area contributed by atoms with Gasteiger partial charge in [0.1, 0.15) is 11.5 Å². The van der Waals surface area contributed by atoms with Crippen LogP contribution in [0.1, 0.15) is 22.3 Å². The van der Waals surface area contributed by atoms with E-state index < -0.39 is 0 Å². The zero-order valence-corrected chi connectivity index (χ0v) is 29.2. The van der Waals surface area contributed by atoms with E-state index >= 15 is 0 Å². The van der Waals surface area contributed by atoms with Crippen LogP contribution in [0.4, 0.5) is 5.69 Å². The number of halogens is 3. The number of nitrogens with two attached hydrogens (primary N) is 1. The van der Waals surface area contributed by atoms with Crippen molar-refractivity contribution in [2.75, 3.05) is 20.0 Å². The Morgan fingerprint density at radius 2 is 1.12 bits per heavy atom. The number of methoxy groups -OCH3 is 2. The Morgan fingerprint density at radius 1 is 0.674 bits per heavy atom. The quantitative estimate of drug-likeness (QED) is 0.145. The summed E-state index contributed by atoms with van der Waals surface area (Å²) in [5.74, 6) is 1.69. The molecular formula is C32H30Cl3CuN3O2S2. The topological polar surface area (TPSA) is 70.3 Å². The monoisotopic (exact) mass is 720 g/mol. The van der Waals surface area contributed by atoms with Crippen molar-refractivity contribution in [3.63, 3.8) is 0 Å². The van der Waals surface area contributed by atoms with Gasteiger partial charge in [0.2, 0.25) is 0 Å². The Labute approximate surface area is 279 Å². The average Bonchev–Trinajstić information content (AvgIpc) is 3.57. The van der Waals surface area contributed by atoms with Crippen molar-refractivity contribution in [1.29, 1.82) is 0 Å². The summed E-state index contributed by atoms with van der Waals surface area (Å²) in [7, 11) is 12.7. The molecule has 6 rings (SSSR count). The Kier molecular flexibility index (Phi) is 11.6. The van der Waals surface area contributed by atoms with Crippen molar-refractivity contribution in [2.45, 2.75) is 27.7 Å². The van der Waals surface area contributed by atoms with Crippen LogP contribution in [-0.4, -0.2) is 23.0 Å². The maximum absolute atomic E-state index is 6.18. The van der Waals surface area contributed by atoms with Gasteiger partial charge in [0.15, 0.2) is 0 Å². The Hall–Kier alpha value is -2.55. The molecule has 11 heteroatoms. The van der Waals surface area contributed by atoms with E-state index in [9.17, 15) is 0 Å². The van der Waals surface area contributed by atoms with E-state index in [0.29, 0.717) is 0 Å². The van der Waals surface area contributed by atoms with Gasteiger partial charge >= 0.3 is 33.3 Å². The van der Waals surface area contributed by atoms with Crippen LogP contribution < -0.4 is 15.2 Å². The predicted molar refractivity (Wildman–Crippen MR) is 183 cm³/mol. The third kappa shape index (κ3) is 7.58. The second kappa shape index (κ2) is 15.0. The molecule has 229 valence electrons. The Bertz CT molecular complexity index is 1760. The molecule has 0 saturated carbocycles. The summed E-state index contributed by atoms with van der Waals surface area (Å²) in [4.78, 5) is 0. The molecule has 0 aliphatic carbocycles. The van der Waals surface area contributed by atoms with Gasteiger partial charge in [-0.15, -0.1) is 0 Å². The molecule has 6 aromatic rings. The fraction of sp³-hybridized carbons (Fsp3) is 0.188. The van der Waals surface area contributed by atoms with Crippen LogP contribution in [0.25, 0.3) is 42.7 Å². The summed E-state index contributed by atoms with van der Waals surface area (Å²) in [6.07, 6.45) is 0. The molecule has 0 saturated heterocycles. The van der Waals surface area contributed by atoms with Gasteiger partial charge in [0, 0.05) is 32.6 Å². The number of hydrogen-bond acceptors (Lipinski definition) is 7. The molecule has 2 N–H and O–H groups in total. The van der Waals surface area contributed by atoms with Crippen molar-refractivity contribution < 1.29 is 22.6 Å². The molecule has 5 nitrogen and oxygen atoms in total. The van der Waals surface area contributed by atoms with Gasteiger partial charge in [-0.25, -0.2) is 0 Å². The number of nitrogen functional groups attached to an aromatic ring is 1. The summed E-state index contributed by atoms with van der Waals surface area (Å²) >= 11 is 9.88. The first-order chi connectivity index (χ1) is 20.6. The predicted octanol–water partition coefficient (Wildman–Crippen LogP) is 10.8. The van der Waals surface area contributed by atoms with Crippen LogP contribution in [0.2, 0.25) is 5.02 Å². The number of aromatic nitrogens is 2. The van der Waals surface area contributed by atoms with E-state index in [4.69, 9.17) is 26.8 Å². The molecule has 0 aliphatic heterocycles. The minimum absolute atomic E-state index is 0.757. The van der Waals surface area contributed by atoms with Gasteiger partial charge < -0.3 is 15.2 Å². The number of aryl methyl sites for hydroxylation is 4. The first-order valence-electron chi connectivity index (χ1n) is 12.9. The van der Waals surface area contributed by atoms with Crippen LogP contribution in [-0.2, 0) is 13.1 Å². The molecule has 0 fully saturated rings. The number of ether oxygens (including phenoxy) is 2. The second-order valence-electron chi connectivity index (χ2n) is 9.82. The zero-order chi connectivity index (χ0) is 31.3.